The number of fused-ring (bicyclic) bond motifs is 1. The van der Waals surface area contributed by atoms with E-state index < -0.39 is 11.9 Å². The van der Waals surface area contributed by atoms with Crippen molar-refractivity contribution in [2.24, 2.45) is 0 Å². The highest BCUT2D eigenvalue weighted by Gasteiger charge is 2.37. The highest BCUT2D eigenvalue weighted by atomic mass is 19.1. The van der Waals surface area contributed by atoms with Gasteiger partial charge in [0.2, 0.25) is 0 Å². The van der Waals surface area contributed by atoms with Crippen molar-refractivity contribution in [3.63, 3.8) is 0 Å². The molecule has 1 amide bonds. The number of amides is 1. The summed E-state index contributed by atoms with van der Waals surface area (Å²) in [5, 5.41) is 0. The molecule has 4 rings (SSSR count). The standard InChI is InChI=1S/C22H22FNO3/c1-3-18-15-10-6-7-11-16(15)22(25)24(18)19-13-21(20(26-2)12-17(19)23)27-14-8-4-5-9-14/h3,6-7,10-14,18H,1,4-5,8-9H2,2H3. The van der Waals surface area contributed by atoms with Gasteiger partial charge in [-0.05, 0) is 37.3 Å². The van der Waals surface area contributed by atoms with Gasteiger partial charge in [0.15, 0.2) is 17.3 Å². The van der Waals surface area contributed by atoms with Crippen LogP contribution in [-0.2, 0) is 0 Å². The van der Waals surface area contributed by atoms with Crippen LogP contribution in [0.4, 0.5) is 10.1 Å². The lowest BCUT2D eigenvalue weighted by molar-refractivity contribution is 0.0993. The van der Waals surface area contributed by atoms with E-state index in [1.807, 2.05) is 12.1 Å². The van der Waals surface area contributed by atoms with Crippen LogP contribution >= 0.6 is 0 Å². The molecule has 0 saturated heterocycles. The van der Waals surface area contributed by atoms with Crippen molar-refractivity contribution in [3.05, 3.63) is 66.0 Å². The zero-order valence-electron chi connectivity index (χ0n) is 15.3. The Kier molecular flexibility index (Phi) is 4.60. The van der Waals surface area contributed by atoms with Crippen LogP contribution in [0.5, 0.6) is 11.5 Å². The van der Waals surface area contributed by atoms with Crippen molar-refractivity contribution in [1.29, 1.82) is 0 Å². The maximum atomic E-state index is 14.9. The minimum atomic E-state index is -0.529. The molecule has 2 aliphatic rings. The molecule has 0 spiro atoms. The molecule has 2 aromatic carbocycles. The lowest BCUT2D eigenvalue weighted by atomic mass is 10.0. The van der Waals surface area contributed by atoms with Gasteiger partial charge in [0.1, 0.15) is 0 Å². The van der Waals surface area contributed by atoms with Crippen LogP contribution in [0.1, 0.15) is 47.6 Å². The third-order valence-electron chi connectivity index (χ3n) is 5.32. The van der Waals surface area contributed by atoms with Crippen molar-refractivity contribution < 1.29 is 18.7 Å². The number of benzene rings is 2. The quantitative estimate of drug-likeness (QED) is 0.695. The van der Waals surface area contributed by atoms with Crippen molar-refractivity contribution in [2.75, 3.05) is 12.0 Å². The van der Waals surface area contributed by atoms with E-state index in [2.05, 4.69) is 6.58 Å². The second-order valence-corrected chi connectivity index (χ2v) is 6.92. The molecule has 0 radical (unpaired) electrons. The summed E-state index contributed by atoms with van der Waals surface area (Å²) in [6, 6.07) is 9.74. The van der Waals surface area contributed by atoms with Gasteiger partial charge in [0.05, 0.1) is 24.9 Å². The fourth-order valence-electron chi connectivity index (χ4n) is 3.98. The van der Waals surface area contributed by atoms with E-state index in [9.17, 15) is 9.18 Å². The average molecular weight is 367 g/mol. The SMILES string of the molecule is C=CC1c2ccccc2C(=O)N1c1cc(OC2CCCC2)c(OC)cc1F. The Morgan fingerprint density at radius 3 is 2.63 bits per heavy atom. The first-order valence-electron chi connectivity index (χ1n) is 9.23. The molecule has 140 valence electrons. The first-order valence-corrected chi connectivity index (χ1v) is 9.23. The van der Waals surface area contributed by atoms with Crippen LogP contribution in [0.25, 0.3) is 0 Å². The zero-order chi connectivity index (χ0) is 19.0. The normalized spacial score (nSPS) is 19.3. The molecule has 0 bridgehead atoms. The van der Waals surface area contributed by atoms with E-state index in [1.54, 1.807) is 24.3 Å². The monoisotopic (exact) mass is 367 g/mol. The maximum Gasteiger partial charge on any atom is 0.259 e. The third kappa shape index (κ3) is 2.97. The highest BCUT2D eigenvalue weighted by Crippen LogP contribution is 2.43. The third-order valence-corrected chi connectivity index (χ3v) is 5.32. The number of ether oxygens (including phenoxy) is 2. The fourth-order valence-corrected chi connectivity index (χ4v) is 3.98. The fraction of sp³-hybridized carbons (Fsp3) is 0.318. The minimum Gasteiger partial charge on any atom is -0.493 e. The number of rotatable bonds is 5. The largest absolute Gasteiger partial charge is 0.493 e. The average Bonchev–Trinajstić information content (AvgIpc) is 3.29. The Morgan fingerprint density at radius 2 is 1.93 bits per heavy atom. The van der Waals surface area contributed by atoms with Crippen molar-refractivity contribution in [3.8, 4) is 11.5 Å². The first kappa shape index (κ1) is 17.6. The van der Waals surface area contributed by atoms with Gasteiger partial charge in [-0.1, -0.05) is 24.3 Å². The van der Waals surface area contributed by atoms with Crippen molar-refractivity contribution in [2.45, 2.75) is 37.8 Å². The molecule has 1 aliphatic heterocycles. The first-order chi connectivity index (χ1) is 13.1. The number of hydrogen-bond donors (Lipinski definition) is 0. The number of anilines is 1. The van der Waals surface area contributed by atoms with E-state index >= 15 is 0 Å². The number of nitrogens with zero attached hydrogens (tertiary/aromatic N) is 1. The second kappa shape index (κ2) is 7.06. The van der Waals surface area contributed by atoms with E-state index in [0.717, 1.165) is 31.2 Å². The number of hydrogen-bond acceptors (Lipinski definition) is 3. The maximum absolute atomic E-state index is 14.9. The van der Waals surface area contributed by atoms with Gasteiger partial charge in [-0.25, -0.2) is 4.39 Å². The summed E-state index contributed by atoms with van der Waals surface area (Å²) < 4.78 is 26.3. The van der Waals surface area contributed by atoms with Gasteiger partial charge >= 0.3 is 0 Å². The van der Waals surface area contributed by atoms with Crippen molar-refractivity contribution in [1.82, 2.24) is 0 Å². The summed E-state index contributed by atoms with van der Waals surface area (Å²) in [7, 11) is 1.49. The smallest absolute Gasteiger partial charge is 0.259 e. The van der Waals surface area contributed by atoms with Gasteiger partial charge in [-0.3, -0.25) is 9.69 Å². The molecule has 1 unspecified atom stereocenters. The van der Waals surface area contributed by atoms with Gasteiger partial charge in [-0.15, -0.1) is 6.58 Å². The Morgan fingerprint density at radius 1 is 1.19 bits per heavy atom. The zero-order valence-corrected chi connectivity index (χ0v) is 15.3. The molecule has 5 heteroatoms. The summed E-state index contributed by atoms with van der Waals surface area (Å²) in [6.07, 6.45) is 5.95. The van der Waals surface area contributed by atoms with Crippen LogP contribution in [0.3, 0.4) is 0 Å². The van der Waals surface area contributed by atoms with Crippen LogP contribution in [0.15, 0.2) is 49.1 Å². The lowest BCUT2D eigenvalue weighted by Gasteiger charge is -2.25. The Bertz CT molecular complexity index is 889. The van der Waals surface area contributed by atoms with Crippen LogP contribution in [0, 0.1) is 5.82 Å². The second-order valence-electron chi connectivity index (χ2n) is 6.92. The molecule has 1 atom stereocenters. The van der Waals surface area contributed by atoms with Gasteiger partial charge in [0, 0.05) is 17.7 Å². The summed E-state index contributed by atoms with van der Waals surface area (Å²) in [6.45, 7) is 3.85. The number of carbonyl (C=O) groups excluding carboxylic acids is 1. The molecule has 1 saturated carbocycles. The molecular weight excluding hydrogens is 345 g/mol. The van der Waals surface area contributed by atoms with E-state index in [1.165, 1.54) is 18.1 Å². The molecule has 0 N–H and O–H groups in total. The predicted molar refractivity (Wildman–Crippen MR) is 102 cm³/mol. The van der Waals surface area contributed by atoms with Crippen LogP contribution < -0.4 is 14.4 Å². The molecule has 1 aliphatic carbocycles. The minimum absolute atomic E-state index is 0.0962. The molecule has 2 aromatic rings. The summed E-state index contributed by atoms with van der Waals surface area (Å²) >= 11 is 0. The molecule has 0 aromatic heterocycles. The summed E-state index contributed by atoms with van der Waals surface area (Å²) in [4.78, 5) is 14.4. The molecule has 1 heterocycles. The topological polar surface area (TPSA) is 38.8 Å². The van der Waals surface area contributed by atoms with Gasteiger partial charge in [-0.2, -0.15) is 0 Å². The number of halogens is 1. The van der Waals surface area contributed by atoms with E-state index in [0.29, 0.717) is 17.1 Å². The van der Waals surface area contributed by atoms with Crippen molar-refractivity contribution >= 4 is 11.6 Å². The molecule has 4 nitrogen and oxygen atoms in total. The predicted octanol–water partition coefficient (Wildman–Crippen LogP) is 5.04. The van der Waals surface area contributed by atoms with Crippen LogP contribution in [0.2, 0.25) is 0 Å². The Balaban J connectivity index is 1.76. The Hall–Kier alpha value is -2.82. The van der Waals surface area contributed by atoms with E-state index in [-0.39, 0.29) is 17.7 Å². The van der Waals surface area contributed by atoms with Gasteiger partial charge < -0.3 is 9.47 Å². The summed E-state index contributed by atoms with van der Waals surface area (Å²) in [5.74, 6) is 0.0276. The molecular formula is C22H22FNO3. The summed E-state index contributed by atoms with van der Waals surface area (Å²) in [5.41, 5.74) is 1.57. The number of methoxy groups -OCH3 is 1. The lowest BCUT2D eigenvalue weighted by Crippen LogP contribution is -2.27. The Labute approximate surface area is 158 Å². The highest BCUT2D eigenvalue weighted by molar-refractivity contribution is 6.11. The molecule has 27 heavy (non-hydrogen) atoms. The van der Waals surface area contributed by atoms with E-state index in [4.69, 9.17) is 9.47 Å². The van der Waals surface area contributed by atoms with Gasteiger partial charge in [0.25, 0.3) is 5.91 Å². The molecule has 1 fully saturated rings. The number of carbonyl (C=O) groups is 1. The van der Waals surface area contributed by atoms with Crippen LogP contribution in [-0.4, -0.2) is 19.1 Å².